The highest BCUT2D eigenvalue weighted by atomic mass is 16.4. The number of carboxylic acid groups (broad SMARTS) is 1. The summed E-state index contributed by atoms with van der Waals surface area (Å²) in [6.07, 6.45) is 15.7. The monoisotopic (exact) mass is 340 g/mol. The minimum Gasteiger partial charge on any atom is -0.481 e. The van der Waals surface area contributed by atoms with E-state index >= 15 is 0 Å². The van der Waals surface area contributed by atoms with Crippen LogP contribution < -0.4 is 0 Å². The van der Waals surface area contributed by atoms with E-state index in [1.807, 2.05) is 0 Å². The number of rotatable bonds is 16. The Kier molecular flexibility index (Phi) is 14.6. The molecule has 0 rings (SSSR count). The van der Waals surface area contributed by atoms with Crippen molar-refractivity contribution in [1.29, 1.82) is 0 Å². The first kappa shape index (κ1) is 22.8. The molecule has 0 aromatic rings. The molecule has 2 atom stereocenters. The molecule has 0 aliphatic rings. The number of carbonyl (C=O) groups excluding carboxylic acids is 1. The zero-order chi connectivity index (χ0) is 18.2. The fourth-order valence-electron chi connectivity index (χ4n) is 2.76. The summed E-state index contributed by atoms with van der Waals surface area (Å²) in [5, 5.41) is 18.8. The third-order valence-corrected chi connectivity index (χ3v) is 4.37. The Morgan fingerprint density at radius 1 is 0.917 bits per heavy atom. The van der Waals surface area contributed by atoms with Gasteiger partial charge in [0.25, 0.3) is 0 Å². The molecule has 0 aliphatic carbocycles. The molecule has 4 heteroatoms. The third-order valence-electron chi connectivity index (χ3n) is 4.37. The van der Waals surface area contributed by atoms with E-state index in [0.717, 1.165) is 51.4 Å². The van der Waals surface area contributed by atoms with Crippen LogP contribution in [0.4, 0.5) is 0 Å². The van der Waals surface area contributed by atoms with Crippen LogP contribution in [-0.2, 0) is 9.59 Å². The van der Waals surface area contributed by atoms with E-state index in [1.165, 1.54) is 26.2 Å². The highest BCUT2D eigenvalue weighted by Crippen LogP contribution is 2.14. The van der Waals surface area contributed by atoms with Gasteiger partial charge in [-0.15, -0.1) is 0 Å². The van der Waals surface area contributed by atoms with Crippen LogP contribution in [-0.4, -0.2) is 28.1 Å². The highest BCUT2D eigenvalue weighted by molar-refractivity contribution is 5.96. The van der Waals surface area contributed by atoms with Gasteiger partial charge in [0.05, 0.1) is 6.10 Å². The van der Waals surface area contributed by atoms with Crippen molar-refractivity contribution >= 4 is 11.8 Å². The molecule has 0 saturated heterocycles. The Hall–Kier alpha value is -1.16. The van der Waals surface area contributed by atoms with Crippen LogP contribution in [0.5, 0.6) is 0 Å². The quantitative estimate of drug-likeness (QED) is 0.238. The molecule has 0 saturated carbocycles. The number of aliphatic hydroxyl groups is 1. The normalized spacial score (nSPS) is 14.0. The van der Waals surface area contributed by atoms with Crippen LogP contribution in [0.2, 0.25) is 0 Å². The van der Waals surface area contributed by atoms with Crippen molar-refractivity contribution in [2.75, 3.05) is 0 Å². The molecular weight excluding hydrogens is 304 g/mol. The molecule has 0 radical (unpaired) electrons. The van der Waals surface area contributed by atoms with E-state index in [1.54, 1.807) is 0 Å². The van der Waals surface area contributed by atoms with E-state index in [2.05, 4.69) is 19.1 Å². The van der Waals surface area contributed by atoms with Crippen LogP contribution in [0, 0.1) is 5.92 Å². The Balaban J connectivity index is 3.52. The molecule has 0 heterocycles. The largest absolute Gasteiger partial charge is 0.481 e. The van der Waals surface area contributed by atoms with Gasteiger partial charge in [0.2, 0.25) is 0 Å². The van der Waals surface area contributed by atoms with Gasteiger partial charge < -0.3 is 10.2 Å². The van der Waals surface area contributed by atoms with Gasteiger partial charge >= 0.3 is 5.97 Å². The first-order chi connectivity index (χ1) is 11.5. The predicted octanol–water partition coefficient (Wildman–Crippen LogP) is 4.89. The SMILES string of the molecule is CCCCCC[C@@H](O)C/C=C\CCCCCCC(C(C)=O)C(=O)O. The van der Waals surface area contributed by atoms with E-state index in [0.29, 0.717) is 6.42 Å². The maximum atomic E-state index is 11.2. The molecule has 0 aliphatic heterocycles. The van der Waals surface area contributed by atoms with Crippen LogP contribution in [0.15, 0.2) is 12.2 Å². The Morgan fingerprint density at radius 2 is 1.54 bits per heavy atom. The fourth-order valence-corrected chi connectivity index (χ4v) is 2.76. The third kappa shape index (κ3) is 13.3. The molecule has 0 aromatic carbocycles. The van der Waals surface area contributed by atoms with E-state index in [9.17, 15) is 14.7 Å². The van der Waals surface area contributed by atoms with Crippen LogP contribution in [0.1, 0.15) is 90.9 Å². The summed E-state index contributed by atoms with van der Waals surface area (Å²) in [7, 11) is 0. The molecular formula is C20H36O4. The van der Waals surface area contributed by atoms with Gasteiger partial charge in [0.1, 0.15) is 11.7 Å². The fraction of sp³-hybridized carbons (Fsp3) is 0.800. The lowest BCUT2D eigenvalue weighted by atomic mass is 9.97. The van der Waals surface area contributed by atoms with Gasteiger partial charge in [0.15, 0.2) is 0 Å². The number of ketones is 1. The first-order valence-corrected chi connectivity index (χ1v) is 9.55. The van der Waals surface area contributed by atoms with Gasteiger partial charge in [-0.1, -0.05) is 64.0 Å². The Morgan fingerprint density at radius 3 is 2.17 bits per heavy atom. The van der Waals surface area contributed by atoms with Crippen molar-refractivity contribution in [2.45, 2.75) is 97.0 Å². The Labute approximate surface area is 147 Å². The van der Waals surface area contributed by atoms with Crippen molar-refractivity contribution in [3.63, 3.8) is 0 Å². The number of carboxylic acids is 1. The summed E-state index contributed by atoms with van der Waals surface area (Å²) < 4.78 is 0. The maximum Gasteiger partial charge on any atom is 0.314 e. The van der Waals surface area contributed by atoms with E-state index < -0.39 is 11.9 Å². The van der Waals surface area contributed by atoms with Crippen molar-refractivity contribution < 1.29 is 19.8 Å². The second-order valence-corrected chi connectivity index (χ2v) is 6.70. The summed E-state index contributed by atoms with van der Waals surface area (Å²) in [6, 6.07) is 0. The minimum absolute atomic E-state index is 0.211. The minimum atomic E-state index is -1.00. The number of Topliss-reactive ketones (excluding diaryl/α,β-unsaturated/α-hetero) is 1. The zero-order valence-electron chi connectivity index (χ0n) is 15.5. The van der Waals surface area contributed by atoms with Gasteiger partial charge in [0, 0.05) is 0 Å². The molecule has 1 unspecified atom stereocenters. The topological polar surface area (TPSA) is 74.6 Å². The van der Waals surface area contributed by atoms with Gasteiger partial charge in [-0.25, -0.2) is 0 Å². The molecule has 0 fully saturated rings. The summed E-state index contributed by atoms with van der Waals surface area (Å²) in [5.74, 6) is -2.08. The van der Waals surface area contributed by atoms with Gasteiger partial charge in [-0.05, 0) is 39.0 Å². The maximum absolute atomic E-state index is 11.2. The number of carbonyl (C=O) groups is 2. The molecule has 0 aromatic heterocycles. The highest BCUT2D eigenvalue weighted by Gasteiger charge is 2.21. The smallest absolute Gasteiger partial charge is 0.314 e. The summed E-state index contributed by atoms with van der Waals surface area (Å²) in [5.41, 5.74) is 0. The zero-order valence-corrected chi connectivity index (χ0v) is 15.5. The van der Waals surface area contributed by atoms with Crippen LogP contribution in [0.25, 0.3) is 0 Å². The molecule has 140 valence electrons. The number of aliphatic carboxylic acids is 1. The average molecular weight is 341 g/mol. The lowest BCUT2D eigenvalue weighted by molar-refractivity contribution is -0.146. The number of hydrogen-bond donors (Lipinski definition) is 2. The van der Waals surface area contributed by atoms with E-state index in [-0.39, 0.29) is 11.9 Å². The van der Waals surface area contributed by atoms with Crippen molar-refractivity contribution in [1.82, 2.24) is 0 Å². The molecule has 4 nitrogen and oxygen atoms in total. The van der Waals surface area contributed by atoms with Crippen molar-refractivity contribution in [3.8, 4) is 0 Å². The van der Waals surface area contributed by atoms with Gasteiger partial charge in [-0.3, -0.25) is 9.59 Å². The molecule has 0 bridgehead atoms. The second kappa shape index (κ2) is 15.4. The van der Waals surface area contributed by atoms with Crippen molar-refractivity contribution in [2.24, 2.45) is 5.92 Å². The summed E-state index contributed by atoms with van der Waals surface area (Å²) in [6.45, 7) is 3.54. The summed E-state index contributed by atoms with van der Waals surface area (Å²) in [4.78, 5) is 22.0. The number of unbranched alkanes of at least 4 members (excludes halogenated alkanes) is 7. The summed E-state index contributed by atoms with van der Waals surface area (Å²) >= 11 is 0. The second-order valence-electron chi connectivity index (χ2n) is 6.70. The van der Waals surface area contributed by atoms with Crippen molar-refractivity contribution in [3.05, 3.63) is 12.2 Å². The Bertz CT molecular complexity index is 349. The lowest BCUT2D eigenvalue weighted by Crippen LogP contribution is -2.21. The molecule has 2 N–H and O–H groups in total. The van der Waals surface area contributed by atoms with Crippen LogP contribution >= 0.6 is 0 Å². The molecule has 24 heavy (non-hydrogen) atoms. The predicted molar refractivity (Wildman–Crippen MR) is 98.0 cm³/mol. The molecule has 0 spiro atoms. The van der Waals surface area contributed by atoms with Gasteiger partial charge in [-0.2, -0.15) is 0 Å². The number of aliphatic hydroxyl groups excluding tert-OH is 1. The first-order valence-electron chi connectivity index (χ1n) is 9.55. The van der Waals surface area contributed by atoms with Crippen LogP contribution in [0.3, 0.4) is 0 Å². The molecule has 0 amide bonds. The average Bonchev–Trinajstić information content (AvgIpc) is 2.52. The number of allylic oxidation sites excluding steroid dienone is 1. The lowest BCUT2D eigenvalue weighted by Gasteiger charge is -2.08. The van der Waals surface area contributed by atoms with E-state index in [4.69, 9.17) is 5.11 Å². The standard InChI is InChI=1S/C20H36O4/c1-3-4-5-11-14-18(22)15-12-9-7-6-8-10-13-16-19(17(2)21)20(23)24/h9,12,18-19,22H,3-8,10-11,13-16H2,1-2H3,(H,23,24)/b12-9-/t18-,19?/m1/s1. The number of hydrogen-bond acceptors (Lipinski definition) is 3.